The Morgan fingerprint density at radius 1 is 1.35 bits per heavy atom. The van der Waals surface area contributed by atoms with Crippen LogP contribution in [0.3, 0.4) is 0 Å². The van der Waals surface area contributed by atoms with Gasteiger partial charge in [0.25, 0.3) is 0 Å². The summed E-state index contributed by atoms with van der Waals surface area (Å²) >= 11 is 1.42. The molecule has 0 N–H and O–H groups in total. The van der Waals surface area contributed by atoms with Crippen LogP contribution in [-0.4, -0.2) is 5.12 Å². The zero-order valence-electron chi connectivity index (χ0n) is 10.8. The lowest BCUT2D eigenvalue weighted by Crippen LogP contribution is -2.07. The zero-order valence-corrected chi connectivity index (χ0v) is 11.6. The molecule has 17 heavy (non-hydrogen) atoms. The topological polar surface area (TPSA) is 17.1 Å². The summed E-state index contributed by atoms with van der Waals surface area (Å²) in [6, 6.07) is 10.1. The first-order valence-corrected chi connectivity index (χ1v) is 6.94. The van der Waals surface area contributed by atoms with Crippen LogP contribution in [0.25, 0.3) is 0 Å². The summed E-state index contributed by atoms with van der Waals surface area (Å²) in [6.45, 7) is 6.10. The Labute approximate surface area is 108 Å². The summed E-state index contributed by atoms with van der Waals surface area (Å²) in [6.07, 6.45) is 2.95. The van der Waals surface area contributed by atoms with E-state index in [0.29, 0.717) is 0 Å². The largest absolute Gasteiger partial charge is 0.287 e. The molecule has 0 aliphatic heterocycles. The second kappa shape index (κ2) is 7.33. The molecule has 1 atom stereocenters. The summed E-state index contributed by atoms with van der Waals surface area (Å²) < 4.78 is 0. The van der Waals surface area contributed by atoms with E-state index < -0.39 is 0 Å². The maximum absolute atomic E-state index is 11.9. The predicted molar refractivity (Wildman–Crippen MR) is 76.0 cm³/mol. The van der Waals surface area contributed by atoms with E-state index >= 15 is 0 Å². The molecule has 1 aromatic carbocycles. The molecule has 0 saturated heterocycles. The van der Waals surface area contributed by atoms with E-state index in [1.54, 1.807) is 0 Å². The monoisotopic (exact) mass is 248 g/mol. The van der Waals surface area contributed by atoms with Crippen molar-refractivity contribution in [2.45, 2.75) is 32.9 Å². The number of allylic oxidation sites excluding steroid dienone is 2. The van der Waals surface area contributed by atoms with Gasteiger partial charge in [0.1, 0.15) is 0 Å². The van der Waals surface area contributed by atoms with Gasteiger partial charge in [0.2, 0.25) is 0 Å². The van der Waals surface area contributed by atoms with Crippen molar-refractivity contribution in [2.24, 2.45) is 5.92 Å². The highest BCUT2D eigenvalue weighted by molar-refractivity contribution is 8.13. The maximum atomic E-state index is 11.9. The van der Waals surface area contributed by atoms with Crippen molar-refractivity contribution < 1.29 is 4.79 Å². The van der Waals surface area contributed by atoms with Crippen LogP contribution in [0.4, 0.5) is 0 Å². The van der Waals surface area contributed by atoms with Crippen molar-refractivity contribution in [2.75, 3.05) is 0 Å². The number of rotatable bonds is 5. The van der Waals surface area contributed by atoms with E-state index in [1.807, 2.05) is 32.0 Å². The quantitative estimate of drug-likeness (QED) is 0.717. The van der Waals surface area contributed by atoms with Crippen molar-refractivity contribution in [3.05, 3.63) is 47.5 Å². The van der Waals surface area contributed by atoms with Crippen LogP contribution < -0.4 is 0 Å². The SMILES string of the molecule is C/C=C(\C)C[C@H](C)C(=O)SCc1ccccc1. The molecule has 0 aliphatic rings. The van der Waals surface area contributed by atoms with Gasteiger partial charge in [-0.15, -0.1) is 0 Å². The Hall–Kier alpha value is -1.02. The molecular weight excluding hydrogens is 228 g/mol. The summed E-state index contributed by atoms with van der Waals surface area (Å²) in [7, 11) is 0. The van der Waals surface area contributed by atoms with Crippen LogP contribution in [0.5, 0.6) is 0 Å². The average Bonchev–Trinajstić information content (AvgIpc) is 2.36. The van der Waals surface area contributed by atoms with E-state index in [9.17, 15) is 4.79 Å². The molecule has 0 heterocycles. The molecular formula is C15H20OS. The fourth-order valence-electron chi connectivity index (χ4n) is 1.56. The molecule has 2 heteroatoms. The Morgan fingerprint density at radius 3 is 2.59 bits per heavy atom. The Balaban J connectivity index is 2.39. The number of thioether (sulfide) groups is 1. The molecule has 0 radical (unpaired) electrons. The number of benzene rings is 1. The van der Waals surface area contributed by atoms with E-state index in [-0.39, 0.29) is 11.0 Å². The second-order valence-corrected chi connectivity index (χ2v) is 5.31. The summed E-state index contributed by atoms with van der Waals surface area (Å²) in [5.41, 5.74) is 2.49. The van der Waals surface area contributed by atoms with Crippen LogP contribution in [0.15, 0.2) is 42.0 Å². The molecule has 0 saturated carbocycles. The highest BCUT2D eigenvalue weighted by Crippen LogP contribution is 2.21. The van der Waals surface area contributed by atoms with Crippen LogP contribution in [0.1, 0.15) is 32.8 Å². The molecule has 0 aromatic heterocycles. The molecule has 1 aromatic rings. The van der Waals surface area contributed by atoms with Gasteiger partial charge in [-0.25, -0.2) is 0 Å². The van der Waals surface area contributed by atoms with Gasteiger partial charge in [0, 0.05) is 11.7 Å². The minimum absolute atomic E-state index is 0.111. The van der Waals surface area contributed by atoms with Gasteiger partial charge in [0.15, 0.2) is 5.12 Å². The molecule has 1 rings (SSSR count). The number of carbonyl (C=O) groups is 1. The number of carbonyl (C=O) groups excluding carboxylic acids is 1. The van der Waals surface area contributed by atoms with Gasteiger partial charge in [-0.05, 0) is 25.8 Å². The molecule has 92 valence electrons. The predicted octanol–water partition coefficient (Wildman–Crippen LogP) is 4.44. The number of hydrogen-bond acceptors (Lipinski definition) is 2. The lowest BCUT2D eigenvalue weighted by Gasteiger charge is -2.09. The fourth-order valence-corrected chi connectivity index (χ4v) is 2.42. The Bertz CT molecular complexity index is 381. The van der Waals surface area contributed by atoms with Crippen molar-refractivity contribution in [1.82, 2.24) is 0 Å². The van der Waals surface area contributed by atoms with Crippen molar-refractivity contribution in [3.63, 3.8) is 0 Å². The van der Waals surface area contributed by atoms with Crippen LogP contribution in [0.2, 0.25) is 0 Å². The molecule has 0 amide bonds. The van der Waals surface area contributed by atoms with Crippen molar-refractivity contribution in [3.8, 4) is 0 Å². The van der Waals surface area contributed by atoms with Gasteiger partial charge in [-0.2, -0.15) is 0 Å². The Kier molecular flexibility index (Phi) is 6.06. The third-order valence-corrected chi connectivity index (χ3v) is 3.91. The first-order chi connectivity index (χ1) is 8.13. The average molecular weight is 248 g/mol. The van der Waals surface area contributed by atoms with Gasteiger partial charge in [0.05, 0.1) is 0 Å². The minimum Gasteiger partial charge on any atom is -0.287 e. The third kappa shape index (κ3) is 5.22. The Morgan fingerprint density at radius 2 is 2.00 bits per heavy atom. The van der Waals surface area contributed by atoms with E-state index in [0.717, 1.165) is 12.2 Å². The zero-order chi connectivity index (χ0) is 12.7. The molecule has 0 aliphatic carbocycles. The summed E-state index contributed by atoms with van der Waals surface area (Å²) in [5.74, 6) is 0.888. The van der Waals surface area contributed by atoms with E-state index in [1.165, 1.54) is 22.9 Å². The first kappa shape index (κ1) is 14.0. The lowest BCUT2D eigenvalue weighted by molar-refractivity contribution is -0.113. The molecule has 1 nitrogen and oxygen atoms in total. The van der Waals surface area contributed by atoms with Crippen molar-refractivity contribution >= 4 is 16.9 Å². The van der Waals surface area contributed by atoms with Crippen LogP contribution >= 0.6 is 11.8 Å². The van der Waals surface area contributed by atoms with E-state index in [4.69, 9.17) is 0 Å². The van der Waals surface area contributed by atoms with Crippen LogP contribution in [-0.2, 0) is 10.5 Å². The molecule has 0 spiro atoms. The fraction of sp³-hybridized carbons (Fsp3) is 0.400. The molecule has 0 bridgehead atoms. The van der Waals surface area contributed by atoms with Gasteiger partial charge < -0.3 is 0 Å². The minimum atomic E-state index is 0.111. The number of hydrogen-bond donors (Lipinski definition) is 0. The first-order valence-electron chi connectivity index (χ1n) is 5.96. The molecule has 0 unspecified atom stereocenters. The highest BCUT2D eigenvalue weighted by Gasteiger charge is 2.13. The van der Waals surface area contributed by atoms with Crippen LogP contribution in [0, 0.1) is 5.92 Å². The summed E-state index contributed by atoms with van der Waals surface area (Å²) in [4.78, 5) is 11.9. The standard InChI is InChI=1S/C15H20OS/c1-4-12(2)10-13(3)15(16)17-11-14-8-6-5-7-9-14/h4-9,13H,10-11H2,1-3H3/b12-4+/t13-/m0/s1. The van der Waals surface area contributed by atoms with Gasteiger partial charge in [-0.1, -0.05) is 60.7 Å². The lowest BCUT2D eigenvalue weighted by atomic mass is 10.0. The summed E-state index contributed by atoms with van der Waals surface area (Å²) in [5, 5.41) is 0.287. The second-order valence-electron chi connectivity index (χ2n) is 4.33. The highest BCUT2D eigenvalue weighted by atomic mass is 32.2. The normalized spacial score (nSPS) is 13.5. The van der Waals surface area contributed by atoms with E-state index in [2.05, 4.69) is 25.1 Å². The smallest absolute Gasteiger partial charge is 0.192 e. The molecule has 0 fully saturated rings. The van der Waals surface area contributed by atoms with Crippen molar-refractivity contribution in [1.29, 1.82) is 0 Å². The maximum Gasteiger partial charge on any atom is 0.192 e. The van der Waals surface area contributed by atoms with Gasteiger partial charge >= 0.3 is 0 Å². The third-order valence-electron chi connectivity index (χ3n) is 2.75. The van der Waals surface area contributed by atoms with Gasteiger partial charge in [-0.3, -0.25) is 4.79 Å².